The molecule has 1 fully saturated rings. The lowest BCUT2D eigenvalue weighted by atomic mass is 10.3. The lowest BCUT2D eigenvalue weighted by molar-refractivity contribution is -0.0444. The zero-order chi connectivity index (χ0) is 5.33. The minimum atomic E-state index is -1.51. The van der Waals surface area contributed by atoms with Crippen molar-refractivity contribution in [3.63, 3.8) is 0 Å². The van der Waals surface area contributed by atoms with Crippen LogP contribution in [0.4, 0.5) is 0 Å². The molecule has 0 unspecified atom stereocenters. The normalized spacial score (nSPS) is 28.3. The van der Waals surface area contributed by atoms with Crippen LogP contribution in [0, 0.1) is 6.42 Å². The van der Waals surface area contributed by atoms with Gasteiger partial charge in [-0.2, -0.15) is 0 Å². The van der Waals surface area contributed by atoms with Crippen LogP contribution in [-0.2, 0) is 0 Å². The van der Waals surface area contributed by atoms with E-state index >= 15 is 0 Å². The van der Waals surface area contributed by atoms with Crippen LogP contribution in [0.15, 0.2) is 0 Å². The van der Waals surface area contributed by atoms with Crippen LogP contribution in [0.1, 0.15) is 6.42 Å². The average Bonchev–Trinajstić information content (AvgIpc) is 1.84. The van der Waals surface area contributed by atoms with Gasteiger partial charge in [0.1, 0.15) is 0 Å². The Balaban J connectivity index is 2.40. The molecule has 3 heteroatoms. The first kappa shape index (κ1) is 5.41. The fraction of sp³-hybridized carbons (Fsp3) is 0.750. The smallest absolute Gasteiger partial charge is 0.216 e. The first-order valence-corrected chi connectivity index (χ1v) is 3.12. The predicted octanol–water partition coefficient (Wildman–Crippen LogP) is -0.0340. The Morgan fingerprint density at radius 3 is 2.43 bits per heavy atom. The van der Waals surface area contributed by atoms with Gasteiger partial charge in [-0.1, -0.05) is 11.8 Å². The molecule has 1 rings (SSSR count). The van der Waals surface area contributed by atoms with Crippen molar-refractivity contribution >= 4 is 11.8 Å². The minimum absolute atomic E-state index is 0.803. The van der Waals surface area contributed by atoms with Gasteiger partial charge >= 0.3 is 0 Å². The Morgan fingerprint density at radius 2 is 2.29 bits per heavy atom. The summed E-state index contributed by atoms with van der Waals surface area (Å²) in [4.78, 5) is 0. The molecule has 0 aromatic carbocycles. The molecule has 41 valence electrons. The molecule has 0 amide bonds. The monoisotopic (exact) mass is 119 g/mol. The van der Waals surface area contributed by atoms with Gasteiger partial charge in [0, 0.05) is 6.42 Å². The molecule has 1 heterocycles. The van der Waals surface area contributed by atoms with Gasteiger partial charge in [-0.25, -0.2) is 0 Å². The average molecular weight is 119 g/mol. The second-order valence-electron chi connectivity index (χ2n) is 1.50. The number of hydrogen-bond acceptors (Lipinski definition) is 3. The van der Waals surface area contributed by atoms with Gasteiger partial charge in [0.25, 0.3) is 0 Å². The van der Waals surface area contributed by atoms with Gasteiger partial charge in [-0.15, -0.1) is 0 Å². The quantitative estimate of drug-likeness (QED) is 0.440. The highest BCUT2D eigenvalue weighted by Crippen LogP contribution is 2.31. The maximum atomic E-state index is 8.66. The van der Waals surface area contributed by atoms with E-state index in [9.17, 15) is 0 Å². The molecule has 7 heavy (non-hydrogen) atoms. The van der Waals surface area contributed by atoms with Crippen LogP contribution >= 0.6 is 11.8 Å². The van der Waals surface area contributed by atoms with Gasteiger partial charge in [0.2, 0.25) is 5.12 Å². The van der Waals surface area contributed by atoms with E-state index in [4.69, 9.17) is 10.2 Å². The molecule has 1 radical (unpaired) electrons. The van der Waals surface area contributed by atoms with Crippen LogP contribution in [0.25, 0.3) is 0 Å². The Hall–Kier alpha value is 0.270. The van der Waals surface area contributed by atoms with Gasteiger partial charge in [-0.3, -0.25) is 0 Å². The highest BCUT2D eigenvalue weighted by Gasteiger charge is 2.28. The van der Waals surface area contributed by atoms with Crippen LogP contribution in [0.3, 0.4) is 0 Å². The molecule has 0 saturated carbocycles. The van der Waals surface area contributed by atoms with E-state index in [-0.39, 0.29) is 0 Å². The SMILES string of the molecule is OC1(O)[CH]CCS1. The standard InChI is InChI=1S/C4H7O2S/c5-4(6)2-1-3-7-4/h2,5-6H,1,3H2. The zero-order valence-electron chi connectivity index (χ0n) is 3.79. The zero-order valence-corrected chi connectivity index (χ0v) is 4.61. The van der Waals surface area contributed by atoms with Crippen LogP contribution in [-0.4, -0.2) is 21.1 Å². The molecular weight excluding hydrogens is 112 g/mol. The highest BCUT2D eigenvalue weighted by molar-refractivity contribution is 8.00. The number of thioether (sulfide) groups is 1. The summed E-state index contributed by atoms with van der Waals surface area (Å²) in [5, 5.41) is 15.8. The van der Waals surface area contributed by atoms with Crippen molar-refractivity contribution in [1.82, 2.24) is 0 Å². The first-order valence-electron chi connectivity index (χ1n) is 2.14. The summed E-state index contributed by atoms with van der Waals surface area (Å²) in [5.41, 5.74) is 0. The topological polar surface area (TPSA) is 40.5 Å². The van der Waals surface area contributed by atoms with Crippen molar-refractivity contribution < 1.29 is 10.2 Å². The maximum absolute atomic E-state index is 8.66. The van der Waals surface area contributed by atoms with Crippen molar-refractivity contribution in [3.05, 3.63) is 6.42 Å². The largest absolute Gasteiger partial charge is 0.357 e. The van der Waals surface area contributed by atoms with Crippen molar-refractivity contribution in [1.29, 1.82) is 0 Å². The molecule has 0 aliphatic carbocycles. The summed E-state index contributed by atoms with van der Waals surface area (Å²) >= 11 is 1.16. The van der Waals surface area contributed by atoms with E-state index in [1.165, 1.54) is 6.42 Å². The van der Waals surface area contributed by atoms with Crippen molar-refractivity contribution in [2.24, 2.45) is 0 Å². The van der Waals surface area contributed by atoms with Crippen LogP contribution in [0.2, 0.25) is 0 Å². The number of aliphatic hydroxyl groups is 2. The van der Waals surface area contributed by atoms with E-state index in [0.717, 1.165) is 23.9 Å². The third kappa shape index (κ3) is 1.33. The third-order valence-corrected chi connectivity index (χ3v) is 1.87. The van der Waals surface area contributed by atoms with E-state index in [1.54, 1.807) is 0 Å². The number of hydrogen-bond donors (Lipinski definition) is 2. The Kier molecular flexibility index (Phi) is 1.28. The summed E-state index contributed by atoms with van der Waals surface area (Å²) in [6.45, 7) is 0. The maximum Gasteiger partial charge on any atom is 0.216 e. The molecule has 1 aliphatic rings. The lowest BCUT2D eigenvalue weighted by Crippen LogP contribution is -2.18. The first-order chi connectivity index (χ1) is 3.21. The Labute approximate surface area is 46.5 Å². The van der Waals surface area contributed by atoms with E-state index in [2.05, 4.69) is 0 Å². The molecule has 0 bridgehead atoms. The summed E-state index contributed by atoms with van der Waals surface area (Å²) in [7, 11) is 0. The molecule has 1 saturated heterocycles. The van der Waals surface area contributed by atoms with Crippen molar-refractivity contribution in [3.8, 4) is 0 Å². The van der Waals surface area contributed by atoms with E-state index in [1.807, 2.05) is 0 Å². The fourth-order valence-corrected chi connectivity index (χ4v) is 1.29. The summed E-state index contributed by atoms with van der Waals surface area (Å²) in [6, 6.07) is 0. The highest BCUT2D eigenvalue weighted by atomic mass is 32.2. The van der Waals surface area contributed by atoms with Gasteiger partial charge in [0.15, 0.2) is 0 Å². The summed E-state index contributed by atoms with van der Waals surface area (Å²) in [5.74, 6) is 0.826. The minimum Gasteiger partial charge on any atom is -0.357 e. The molecule has 0 spiro atoms. The van der Waals surface area contributed by atoms with Crippen LogP contribution < -0.4 is 0 Å². The van der Waals surface area contributed by atoms with Crippen molar-refractivity contribution in [2.75, 3.05) is 5.75 Å². The Bertz CT molecular complexity index is 64.1. The van der Waals surface area contributed by atoms with Gasteiger partial charge < -0.3 is 10.2 Å². The molecule has 2 N–H and O–H groups in total. The summed E-state index contributed by atoms with van der Waals surface area (Å²) < 4.78 is 0. The van der Waals surface area contributed by atoms with E-state index < -0.39 is 5.12 Å². The lowest BCUT2D eigenvalue weighted by Gasteiger charge is -2.09. The fourth-order valence-electron chi connectivity index (χ4n) is 0.515. The molecule has 2 nitrogen and oxygen atoms in total. The molecule has 0 aromatic rings. The van der Waals surface area contributed by atoms with Crippen LogP contribution in [0.5, 0.6) is 0 Å². The van der Waals surface area contributed by atoms with Gasteiger partial charge in [0.05, 0.1) is 0 Å². The number of rotatable bonds is 0. The van der Waals surface area contributed by atoms with E-state index in [0.29, 0.717) is 0 Å². The van der Waals surface area contributed by atoms with Crippen molar-refractivity contribution in [2.45, 2.75) is 11.5 Å². The summed E-state index contributed by atoms with van der Waals surface area (Å²) in [6.07, 6.45) is 2.30. The second kappa shape index (κ2) is 1.65. The molecule has 1 aliphatic heterocycles. The predicted molar refractivity (Wildman–Crippen MR) is 28.5 cm³/mol. The second-order valence-corrected chi connectivity index (χ2v) is 2.80. The third-order valence-electron chi connectivity index (χ3n) is 0.843. The molecular formula is C4H7O2S. The van der Waals surface area contributed by atoms with Gasteiger partial charge in [-0.05, 0) is 12.2 Å². The Morgan fingerprint density at radius 1 is 1.57 bits per heavy atom. The molecule has 0 aromatic heterocycles. The molecule has 0 atom stereocenters.